The predicted molar refractivity (Wildman–Crippen MR) is 108 cm³/mol. The Morgan fingerprint density at radius 2 is 1.77 bits per heavy atom. The highest BCUT2D eigenvalue weighted by atomic mass is 32.2. The molecule has 1 aliphatic heterocycles. The third-order valence-electron chi connectivity index (χ3n) is 5.34. The molecule has 30 heavy (non-hydrogen) atoms. The largest absolute Gasteiger partial charge is 0.360 e. The van der Waals surface area contributed by atoms with E-state index in [4.69, 9.17) is 4.52 Å². The van der Waals surface area contributed by atoms with Gasteiger partial charge < -0.3 is 15.2 Å². The molecule has 160 valence electrons. The fourth-order valence-electron chi connectivity index (χ4n) is 3.52. The van der Waals surface area contributed by atoms with E-state index in [9.17, 15) is 18.0 Å². The fraction of sp³-hybridized carbons (Fsp3) is 0.450. The molecule has 1 aromatic carbocycles. The van der Waals surface area contributed by atoms with Crippen LogP contribution in [0.15, 0.2) is 39.8 Å². The van der Waals surface area contributed by atoms with Crippen LogP contribution in [0, 0.1) is 0 Å². The number of piperidine rings is 1. The van der Waals surface area contributed by atoms with Gasteiger partial charge >= 0.3 is 0 Å². The van der Waals surface area contributed by atoms with E-state index in [1.54, 1.807) is 18.2 Å². The zero-order chi connectivity index (χ0) is 21.3. The lowest BCUT2D eigenvalue weighted by Gasteiger charge is -2.31. The van der Waals surface area contributed by atoms with Gasteiger partial charge in [0.2, 0.25) is 15.9 Å². The van der Waals surface area contributed by atoms with Crippen LogP contribution in [0.3, 0.4) is 0 Å². The second-order valence-corrected chi connectivity index (χ2v) is 9.68. The average Bonchev–Trinajstić information content (AvgIpc) is 3.45. The van der Waals surface area contributed by atoms with E-state index >= 15 is 0 Å². The third kappa shape index (κ3) is 4.54. The third-order valence-corrected chi connectivity index (χ3v) is 7.26. The van der Waals surface area contributed by atoms with E-state index in [0.29, 0.717) is 37.5 Å². The van der Waals surface area contributed by atoms with Gasteiger partial charge in [-0.3, -0.25) is 9.59 Å². The lowest BCUT2D eigenvalue weighted by molar-refractivity contribution is -0.114. The van der Waals surface area contributed by atoms with Crippen LogP contribution in [0.25, 0.3) is 0 Å². The Hall–Kier alpha value is -2.72. The molecule has 0 bridgehead atoms. The number of carbonyl (C=O) groups excluding carboxylic acids is 2. The van der Waals surface area contributed by atoms with Crippen LogP contribution in [0.5, 0.6) is 0 Å². The number of nitrogens with one attached hydrogen (secondary N) is 2. The number of nitrogens with zero attached hydrogens (tertiary/aromatic N) is 2. The molecular weight excluding hydrogens is 408 g/mol. The van der Waals surface area contributed by atoms with Gasteiger partial charge in [-0.15, -0.1) is 0 Å². The van der Waals surface area contributed by atoms with E-state index in [1.807, 2.05) is 0 Å². The van der Waals surface area contributed by atoms with Crippen molar-refractivity contribution in [1.29, 1.82) is 0 Å². The number of rotatable bonds is 6. The smallest absolute Gasteiger partial charge is 0.273 e. The molecule has 2 aromatic rings. The quantitative estimate of drug-likeness (QED) is 0.721. The number of aromatic nitrogens is 1. The minimum absolute atomic E-state index is 0.118. The van der Waals surface area contributed by atoms with E-state index in [1.165, 1.54) is 23.4 Å². The van der Waals surface area contributed by atoms with Crippen LogP contribution < -0.4 is 10.6 Å². The first kappa shape index (κ1) is 20.5. The van der Waals surface area contributed by atoms with Gasteiger partial charge in [-0.1, -0.05) is 5.16 Å². The number of carbonyl (C=O) groups is 2. The summed E-state index contributed by atoms with van der Waals surface area (Å²) in [4.78, 5) is 23.7. The van der Waals surface area contributed by atoms with Gasteiger partial charge in [-0.05, 0) is 49.9 Å². The van der Waals surface area contributed by atoms with Gasteiger partial charge in [-0.2, -0.15) is 4.31 Å². The molecule has 9 nitrogen and oxygen atoms in total. The molecule has 1 aliphatic carbocycles. The Labute approximate surface area is 174 Å². The average molecular weight is 433 g/mol. The van der Waals surface area contributed by atoms with E-state index in [2.05, 4.69) is 15.8 Å². The number of sulfonamides is 1. The molecule has 2 amide bonds. The van der Waals surface area contributed by atoms with Crippen molar-refractivity contribution in [3.8, 4) is 0 Å². The summed E-state index contributed by atoms with van der Waals surface area (Å²) >= 11 is 0. The monoisotopic (exact) mass is 432 g/mol. The topological polar surface area (TPSA) is 122 Å². The number of benzene rings is 1. The first-order valence-corrected chi connectivity index (χ1v) is 11.4. The summed E-state index contributed by atoms with van der Waals surface area (Å²) in [7, 11) is -3.63. The summed E-state index contributed by atoms with van der Waals surface area (Å²) in [6.07, 6.45) is 3.17. The molecule has 0 atom stereocenters. The molecule has 1 saturated carbocycles. The van der Waals surface area contributed by atoms with Crippen LogP contribution in [0.2, 0.25) is 0 Å². The SMILES string of the molecule is CC(=O)Nc1ccc(S(=O)(=O)N2CCC(NC(=O)c3cc(C4CC4)on3)CC2)cc1. The van der Waals surface area contributed by atoms with Crippen molar-refractivity contribution in [1.82, 2.24) is 14.8 Å². The van der Waals surface area contributed by atoms with Gasteiger partial charge in [0, 0.05) is 43.7 Å². The number of anilines is 1. The van der Waals surface area contributed by atoms with Crippen LogP contribution >= 0.6 is 0 Å². The molecule has 0 spiro atoms. The van der Waals surface area contributed by atoms with Crippen molar-refractivity contribution in [2.75, 3.05) is 18.4 Å². The van der Waals surface area contributed by atoms with Crippen molar-refractivity contribution in [2.45, 2.75) is 49.5 Å². The standard InChI is InChI=1S/C20H24N4O5S/c1-13(25)21-15-4-6-17(7-5-15)30(27,28)24-10-8-16(9-11-24)22-20(26)18-12-19(29-23-18)14-2-3-14/h4-7,12,14,16H,2-3,8-11H2,1H3,(H,21,25)(H,22,26). The van der Waals surface area contributed by atoms with Gasteiger partial charge in [0.25, 0.3) is 5.91 Å². The molecule has 2 fully saturated rings. The highest BCUT2D eigenvalue weighted by Gasteiger charge is 2.32. The first-order chi connectivity index (χ1) is 14.3. The second-order valence-electron chi connectivity index (χ2n) is 7.75. The molecule has 10 heteroatoms. The van der Waals surface area contributed by atoms with Gasteiger partial charge in [0.1, 0.15) is 5.76 Å². The predicted octanol–water partition coefficient (Wildman–Crippen LogP) is 2.09. The second kappa shape index (κ2) is 8.19. The van der Waals surface area contributed by atoms with E-state index < -0.39 is 10.0 Å². The molecule has 1 saturated heterocycles. The maximum absolute atomic E-state index is 12.9. The zero-order valence-corrected chi connectivity index (χ0v) is 17.4. The number of hydrogen-bond donors (Lipinski definition) is 2. The fourth-order valence-corrected chi connectivity index (χ4v) is 4.99. The Balaban J connectivity index is 1.32. The Morgan fingerprint density at radius 1 is 1.10 bits per heavy atom. The maximum atomic E-state index is 12.9. The molecule has 2 aliphatic rings. The Bertz CT molecular complexity index is 1040. The van der Waals surface area contributed by atoms with Crippen molar-refractivity contribution in [3.63, 3.8) is 0 Å². The molecule has 0 unspecified atom stereocenters. The molecule has 1 aromatic heterocycles. The molecule has 4 rings (SSSR count). The van der Waals surface area contributed by atoms with Crippen molar-refractivity contribution in [2.24, 2.45) is 0 Å². The molecule has 2 N–H and O–H groups in total. The normalized spacial score (nSPS) is 18.2. The highest BCUT2D eigenvalue weighted by molar-refractivity contribution is 7.89. The summed E-state index contributed by atoms with van der Waals surface area (Å²) in [6, 6.07) is 7.67. The van der Waals surface area contributed by atoms with Crippen LogP contribution in [0.1, 0.15) is 54.8 Å². The van der Waals surface area contributed by atoms with Gasteiger partial charge in [0.15, 0.2) is 5.69 Å². The summed E-state index contributed by atoms with van der Waals surface area (Å²) in [5.41, 5.74) is 0.812. The summed E-state index contributed by atoms with van der Waals surface area (Å²) in [5.74, 6) is 0.634. The van der Waals surface area contributed by atoms with E-state index in [0.717, 1.165) is 18.6 Å². The van der Waals surface area contributed by atoms with E-state index in [-0.39, 0.29) is 28.4 Å². The lowest BCUT2D eigenvalue weighted by Crippen LogP contribution is -2.46. The summed E-state index contributed by atoms with van der Waals surface area (Å²) in [6.45, 7) is 2.02. The molecular formula is C20H24N4O5S. The number of amides is 2. The number of hydrogen-bond acceptors (Lipinski definition) is 6. The van der Waals surface area contributed by atoms with Gasteiger partial charge in [0.05, 0.1) is 4.90 Å². The summed E-state index contributed by atoms with van der Waals surface area (Å²) in [5, 5.41) is 9.38. The Kier molecular flexibility index (Phi) is 5.61. The lowest BCUT2D eigenvalue weighted by atomic mass is 10.1. The first-order valence-electron chi connectivity index (χ1n) is 9.98. The van der Waals surface area contributed by atoms with Gasteiger partial charge in [-0.25, -0.2) is 8.42 Å². The zero-order valence-electron chi connectivity index (χ0n) is 16.6. The van der Waals surface area contributed by atoms with Crippen LogP contribution in [-0.2, 0) is 14.8 Å². The van der Waals surface area contributed by atoms with Crippen LogP contribution in [-0.4, -0.2) is 48.8 Å². The van der Waals surface area contributed by atoms with Crippen molar-refractivity contribution in [3.05, 3.63) is 41.8 Å². The minimum Gasteiger partial charge on any atom is -0.360 e. The summed E-state index contributed by atoms with van der Waals surface area (Å²) < 4.78 is 32.4. The van der Waals surface area contributed by atoms with Crippen molar-refractivity contribution < 1.29 is 22.5 Å². The maximum Gasteiger partial charge on any atom is 0.273 e. The Morgan fingerprint density at radius 3 is 2.37 bits per heavy atom. The van der Waals surface area contributed by atoms with Crippen molar-refractivity contribution >= 4 is 27.5 Å². The van der Waals surface area contributed by atoms with Crippen LogP contribution in [0.4, 0.5) is 5.69 Å². The molecule has 2 heterocycles. The molecule has 0 radical (unpaired) electrons. The highest BCUT2D eigenvalue weighted by Crippen LogP contribution is 2.40. The minimum atomic E-state index is -3.63.